The number of nitrogens with zero attached hydrogens (tertiary/aromatic N) is 1. The fraction of sp³-hybridized carbons (Fsp3) is 0.278. The first kappa shape index (κ1) is 16.2. The van der Waals surface area contributed by atoms with Crippen molar-refractivity contribution >= 4 is 39.9 Å². The Labute approximate surface area is 149 Å². The standard InChI is InChI=1S/C18H18FIN2O/c1-12-6-4-7-13(16(12)20)18(23)21-17-14(19)8-5-9-15(17)22-10-2-3-11-22/h4-9H,2-3,10-11H2,1H3,(H,21,23). The molecule has 1 aliphatic heterocycles. The highest BCUT2D eigenvalue weighted by molar-refractivity contribution is 14.1. The van der Waals surface area contributed by atoms with E-state index in [0.717, 1.165) is 40.8 Å². The Morgan fingerprint density at radius 2 is 1.87 bits per heavy atom. The van der Waals surface area contributed by atoms with E-state index < -0.39 is 5.82 Å². The molecule has 0 saturated carbocycles. The van der Waals surface area contributed by atoms with Crippen molar-refractivity contribution in [2.24, 2.45) is 0 Å². The van der Waals surface area contributed by atoms with Gasteiger partial charge in [-0.25, -0.2) is 4.39 Å². The van der Waals surface area contributed by atoms with Gasteiger partial charge in [0.25, 0.3) is 5.91 Å². The molecule has 0 aromatic heterocycles. The number of benzene rings is 2. The zero-order chi connectivity index (χ0) is 16.4. The SMILES string of the molecule is Cc1cccc(C(=O)Nc2c(F)cccc2N2CCCC2)c1I. The average Bonchev–Trinajstić information content (AvgIpc) is 3.06. The zero-order valence-electron chi connectivity index (χ0n) is 12.9. The lowest BCUT2D eigenvalue weighted by molar-refractivity contribution is 0.102. The van der Waals surface area contributed by atoms with Crippen LogP contribution in [0.25, 0.3) is 0 Å². The number of carbonyl (C=O) groups is 1. The minimum absolute atomic E-state index is 0.274. The summed E-state index contributed by atoms with van der Waals surface area (Å²) in [5, 5.41) is 2.78. The molecule has 0 bridgehead atoms. The molecule has 2 aromatic rings. The van der Waals surface area contributed by atoms with Crippen molar-refractivity contribution < 1.29 is 9.18 Å². The molecule has 0 radical (unpaired) electrons. The van der Waals surface area contributed by atoms with E-state index in [-0.39, 0.29) is 11.6 Å². The summed E-state index contributed by atoms with van der Waals surface area (Å²) in [5.74, 6) is -0.672. The number of rotatable bonds is 3. The summed E-state index contributed by atoms with van der Waals surface area (Å²) in [6.07, 6.45) is 2.19. The molecule has 5 heteroatoms. The molecule has 1 fully saturated rings. The van der Waals surface area contributed by atoms with Crippen molar-refractivity contribution in [2.75, 3.05) is 23.3 Å². The van der Waals surface area contributed by atoms with E-state index in [1.54, 1.807) is 12.1 Å². The van der Waals surface area contributed by atoms with Crippen molar-refractivity contribution in [1.29, 1.82) is 0 Å². The van der Waals surface area contributed by atoms with Crippen LogP contribution in [0, 0.1) is 16.3 Å². The van der Waals surface area contributed by atoms with Crippen molar-refractivity contribution in [2.45, 2.75) is 19.8 Å². The van der Waals surface area contributed by atoms with Crippen LogP contribution in [0.1, 0.15) is 28.8 Å². The second kappa shape index (κ2) is 6.86. The van der Waals surface area contributed by atoms with E-state index in [2.05, 4.69) is 32.8 Å². The summed E-state index contributed by atoms with van der Waals surface area (Å²) >= 11 is 2.15. The van der Waals surface area contributed by atoms with Crippen LogP contribution in [0.5, 0.6) is 0 Å². The molecule has 0 unspecified atom stereocenters. The highest BCUT2D eigenvalue weighted by atomic mass is 127. The molecular weight excluding hydrogens is 406 g/mol. The predicted octanol–water partition coefficient (Wildman–Crippen LogP) is 4.59. The van der Waals surface area contributed by atoms with Crippen molar-refractivity contribution in [1.82, 2.24) is 0 Å². The summed E-state index contributed by atoms with van der Waals surface area (Å²) in [6, 6.07) is 10.5. The Bertz CT molecular complexity index is 742. The molecule has 2 aromatic carbocycles. The highest BCUT2D eigenvalue weighted by Crippen LogP contribution is 2.32. The molecule has 3 nitrogen and oxygen atoms in total. The normalized spacial score (nSPS) is 14.1. The first-order chi connectivity index (χ1) is 11.1. The van der Waals surface area contributed by atoms with Gasteiger partial charge in [-0.2, -0.15) is 0 Å². The van der Waals surface area contributed by atoms with Gasteiger partial charge in [0, 0.05) is 16.7 Å². The molecule has 1 saturated heterocycles. The van der Waals surface area contributed by atoms with E-state index in [1.807, 2.05) is 25.1 Å². The maximum atomic E-state index is 14.3. The average molecular weight is 424 g/mol. The number of anilines is 2. The maximum Gasteiger partial charge on any atom is 0.256 e. The lowest BCUT2D eigenvalue weighted by Crippen LogP contribution is -2.22. The van der Waals surface area contributed by atoms with Gasteiger partial charge in [0.15, 0.2) is 0 Å². The number of aryl methyl sites for hydroxylation is 1. The molecule has 1 amide bonds. The van der Waals surface area contributed by atoms with Gasteiger partial charge in [-0.1, -0.05) is 18.2 Å². The van der Waals surface area contributed by atoms with E-state index >= 15 is 0 Å². The van der Waals surface area contributed by atoms with E-state index in [1.165, 1.54) is 6.07 Å². The lowest BCUT2D eigenvalue weighted by atomic mass is 10.1. The van der Waals surface area contributed by atoms with E-state index in [0.29, 0.717) is 5.56 Å². The minimum Gasteiger partial charge on any atom is -0.370 e. The third-order valence-electron chi connectivity index (χ3n) is 4.11. The molecule has 3 rings (SSSR count). The number of amides is 1. The summed E-state index contributed by atoms with van der Waals surface area (Å²) in [5.41, 5.74) is 2.64. The molecule has 1 heterocycles. The third-order valence-corrected chi connectivity index (χ3v) is 5.55. The van der Waals surface area contributed by atoms with Crippen LogP contribution in [0.2, 0.25) is 0 Å². The number of para-hydroxylation sites is 1. The van der Waals surface area contributed by atoms with Crippen LogP contribution in [0.15, 0.2) is 36.4 Å². The molecule has 23 heavy (non-hydrogen) atoms. The van der Waals surface area contributed by atoms with Gasteiger partial charge < -0.3 is 10.2 Å². The van der Waals surface area contributed by atoms with Gasteiger partial charge in [-0.05, 0) is 66.1 Å². The van der Waals surface area contributed by atoms with Crippen molar-refractivity contribution in [3.05, 3.63) is 56.9 Å². The number of nitrogens with one attached hydrogen (secondary N) is 1. The van der Waals surface area contributed by atoms with Crippen LogP contribution < -0.4 is 10.2 Å². The van der Waals surface area contributed by atoms with Crippen molar-refractivity contribution in [3.63, 3.8) is 0 Å². The Kier molecular flexibility index (Phi) is 4.84. The van der Waals surface area contributed by atoms with E-state index in [9.17, 15) is 9.18 Å². The first-order valence-electron chi connectivity index (χ1n) is 7.68. The summed E-state index contributed by atoms with van der Waals surface area (Å²) in [6.45, 7) is 3.75. The predicted molar refractivity (Wildman–Crippen MR) is 99.7 cm³/mol. The van der Waals surface area contributed by atoms with Gasteiger partial charge in [0.2, 0.25) is 0 Å². The smallest absolute Gasteiger partial charge is 0.256 e. The number of halogens is 2. The maximum absolute atomic E-state index is 14.3. The summed E-state index contributed by atoms with van der Waals surface area (Å²) in [7, 11) is 0. The Hall–Kier alpha value is -1.63. The van der Waals surface area contributed by atoms with Crippen LogP contribution in [0.4, 0.5) is 15.8 Å². The number of carbonyl (C=O) groups excluding carboxylic acids is 1. The lowest BCUT2D eigenvalue weighted by Gasteiger charge is -2.22. The van der Waals surface area contributed by atoms with Gasteiger partial charge in [0.1, 0.15) is 11.5 Å². The van der Waals surface area contributed by atoms with Crippen LogP contribution in [0.3, 0.4) is 0 Å². The van der Waals surface area contributed by atoms with E-state index in [4.69, 9.17) is 0 Å². The third kappa shape index (κ3) is 3.34. The fourth-order valence-electron chi connectivity index (χ4n) is 2.86. The summed E-state index contributed by atoms with van der Waals surface area (Å²) in [4.78, 5) is 14.7. The Morgan fingerprint density at radius 1 is 1.17 bits per heavy atom. The fourth-order valence-corrected chi connectivity index (χ4v) is 3.47. The van der Waals surface area contributed by atoms with Gasteiger partial charge in [-0.15, -0.1) is 0 Å². The second-order valence-corrected chi connectivity index (χ2v) is 6.80. The molecule has 0 atom stereocenters. The zero-order valence-corrected chi connectivity index (χ0v) is 15.1. The van der Waals surface area contributed by atoms with Crippen LogP contribution in [-0.2, 0) is 0 Å². The quantitative estimate of drug-likeness (QED) is 0.732. The second-order valence-electron chi connectivity index (χ2n) is 5.72. The molecule has 0 spiro atoms. The largest absolute Gasteiger partial charge is 0.370 e. The van der Waals surface area contributed by atoms with Gasteiger partial charge in [0.05, 0.1) is 11.3 Å². The Balaban J connectivity index is 1.93. The van der Waals surface area contributed by atoms with Crippen LogP contribution >= 0.6 is 22.6 Å². The van der Waals surface area contributed by atoms with Crippen LogP contribution in [-0.4, -0.2) is 19.0 Å². The molecule has 1 aliphatic rings. The molecule has 0 aliphatic carbocycles. The topological polar surface area (TPSA) is 32.3 Å². The summed E-state index contributed by atoms with van der Waals surface area (Å²) < 4.78 is 15.2. The molecule has 120 valence electrons. The first-order valence-corrected chi connectivity index (χ1v) is 8.75. The van der Waals surface area contributed by atoms with Gasteiger partial charge in [-0.3, -0.25) is 4.79 Å². The number of hydrogen-bond donors (Lipinski definition) is 1. The highest BCUT2D eigenvalue weighted by Gasteiger charge is 2.21. The Morgan fingerprint density at radius 3 is 2.61 bits per heavy atom. The number of hydrogen-bond acceptors (Lipinski definition) is 2. The van der Waals surface area contributed by atoms with Crippen molar-refractivity contribution in [3.8, 4) is 0 Å². The minimum atomic E-state index is -0.398. The monoisotopic (exact) mass is 424 g/mol. The molecular formula is C18H18FIN2O. The van der Waals surface area contributed by atoms with Gasteiger partial charge >= 0.3 is 0 Å². The molecule has 1 N–H and O–H groups in total.